The molecule has 0 rings (SSSR count). The summed E-state index contributed by atoms with van der Waals surface area (Å²) in [7, 11) is 0. The van der Waals surface area contributed by atoms with Crippen LogP contribution in [0.3, 0.4) is 0 Å². The molecule has 0 aromatic heterocycles. The third-order valence-electron chi connectivity index (χ3n) is 1.29. The van der Waals surface area contributed by atoms with Crippen LogP contribution in [-0.4, -0.2) is 55.4 Å². The second kappa shape index (κ2) is 7.51. The summed E-state index contributed by atoms with van der Waals surface area (Å²) in [5.74, 6) is -5.02. The number of aliphatic hydroxyl groups is 2. The Balaban J connectivity index is 0. The van der Waals surface area contributed by atoms with Crippen molar-refractivity contribution in [3.05, 3.63) is 0 Å². The Morgan fingerprint density at radius 3 is 1.35 bits per heavy atom. The first-order chi connectivity index (χ1) is 7.51. The van der Waals surface area contributed by atoms with Crippen molar-refractivity contribution in [3.63, 3.8) is 0 Å². The number of carbonyl (C=O) groups is 3. The zero-order chi connectivity index (χ0) is 14.2. The molecule has 0 aliphatic carbocycles. The molecule has 0 aromatic carbocycles. The maximum Gasteiger partial charge on any atom is 0.336 e. The van der Waals surface area contributed by atoms with Crippen LogP contribution in [0.15, 0.2) is 0 Å². The van der Waals surface area contributed by atoms with E-state index in [0.717, 1.165) is 0 Å². The third-order valence-corrected chi connectivity index (χ3v) is 1.29. The normalized spacial score (nSPS) is 10.4. The van der Waals surface area contributed by atoms with Crippen molar-refractivity contribution in [2.75, 3.05) is 0 Å². The Bertz CT molecular complexity index is 271. The number of aliphatic hydroxyl groups excluding tert-OH is 1. The van der Waals surface area contributed by atoms with Gasteiger partial charge in [0.05, 0.1) is 12.8 Å². The molecule has 0 atom stereocenters. The van der Waals surface area contributed by atoms with E-state index in [4.69, 9.17) is 25.5 Å². The second-order valence-corrected chi connectivity index (χ2v) is 2.97. The predicted octanol–water partition coefficient (Wildman–Crippen LogP) is -3.07. The quantitative estimate of drug-likeness (QED) is 0.246. The molecule has 0 spiro atoms. The smallest absolute Gasteiger partial charge is 0.336 e. The fraction of sp³-hybridized carbons (Fsp3) is 0.571. The van der Waals surface area contributed by atoms with E-state index in [0.29, 0.717) is 0 Å². The van der Waals surface area contributed by atoms with Gasteiger partial charge in [0, 0.05) is 0 Å². The van der Waals surface area contributed by atoms with Gasteiger partial charge >= 0.3 is 17.9 Å². The monoisotopic (exact) mass is 254 g/mol. The topological polar surface area (TPSA) is 204 Å². The lowest BCUT2D eigenvalue weighted by Crippen LogP contribution is -2.42. The number of carboxylic acid groups (broad SMARTS) is 3. The maximum atomic E-state index is 10.3. The van der Waals surface area contributed by atoms with Gasteiger partial charge in [-0.2, -0.15) is 0 Å². The molecule has 0 unspecified atom stereocenters. The van der Waals surface area contributed by atoms with Gasteiger partial charge in [0.25, 0.3) is 0 Å². The number of hydrogen-bond acceptors (Lipinski definition) is 7. The van der Waals surface area contributed by atoms with Crippen LogP contribution >= 0.6 is 0 Å². The molecule has 0 bridgehead atoms. The molecule has 0 aliphatic rings. The number of rotatable bonds is 5. The molecule has 0 heterocycles. The van der Waals surface area contributed by atoms with Crippen LogP contribution < -0.4 is 11.5 Å². The highest BCUT2D eigenvalue weighted by atomic mass is 16.4. The Labute approximate surface area is 95.1 Å². The second-order valence-electron chi connectivity index (χ2n) is 2.97. The van der Waals surface area contributed by atoms with Gasteiger partial charge in [-0.3, -0.25) is 21.1 Å². The summed E-state index contributed by atoms with van der Waals surface area (Å²) in [6, 6.07) is 0. The van der Waals surface area contributed by atoms with Crippen LogP contribution in [0, 0.1) is 0 Å². The Hall–Kier alpha value is -1.75. The lowest BCUT2D eigenvalue weighted by molar-refractivity contribution is -0.170. The van der Waals surface area contributed by atoms with Crippen LogP contribution in [0.1, 0.15) is 12.8 Å². The third kappa shape index (κ3) is 10.5. The Kier molecular flexibility index (Phi) is 7.79. The lowest BCUT2D eigenvalue weighted by atomic mass is 9.96. The van der Waals surface area contributed by atoms with Crippen molar-refractivity contribution in [2.24, 2.45) is 11.5 Å². The average Bonchev–Trinajstić information content (AvgIpc) is 1.98. The summed E-state index contributed by atoms with van der Waals surface area (Å²) in [5.41, 5.74) is 6.15. The summed E-state index contributed by atoms with van der Waals surface area (Å²) < 4.78 is 0. The van der Waals surface area contributed by atoms with E-state index in [1.165, 1.54) is 0 Å². The van der Waals surface area contributed by atoms with E-state index in [1.807, 2.05) is 0 Å². The van der Waals surface area contributed by atoms with Crippen molar-refractivity contribution in [1.82, 2.24) is 0 Å². The van der Waals surface area contributed by atoms with Gasteiger partial charge in [-0.15, -0.1) is 0 Å². The van der Waals surface area contributed by atoms with Crippen LogP contribution in [-0.2, 0) is 14.4 Å². The molecule has 100 valence electrons. The van der Waals surface area contributed by atoms with Gasteiger partial charge in [0.15, 0.2) is 12.0 Å². The highest BCUT2D eigenvalue weighted by Crippen LogP contribution is 2.15. The van der Waals surface area contributed by atoms with Crippen LogP contribution in [0.25, 0.3) is 0 Å². The SMILES string of the molecule is NC(N)O.O=C(O)CC(O)(CC(=O)O)C(=O)O. The van der Waals surface area contributed by atoms with E-state index in [-0.39, 0.29) is 0 Å². The van der Waals surface area contributed by atoms with Crippen molar-refractivity contribution in [3.8, 4) is 0 Å². The summed E-state index contributed by atoms with van der Waals surface area (Å²) in [6.07, 6.45) is -3.46. The first kappa shape index (κ1) is 17.6. The molecule has 10 nitrogen and oxygen atoms in total. The molecule has 17 heavy (non-hydrogen) atoms. The zero-order valence-electron chi connectivity index (χ0n) is 8.61. The first-order valence-electron chi connectivity index (χ1n) is 4.10. The number of hydrogen-bond donors (Lipinski definition) is 7. The number of nitrogens with two attached hydrogens (primary N) is 2. The number of aliphatic carboxylic acids is 3. The van der Waals surface area contributed by atoms with Crippen molar-refractivity contribution < 1.29 is 39.9 Å². The number of carboxylic acids is 3. The summed E-state index contributed by atoms with van der Waals surface area (Å²) >= 11 is 0. The molecule has 0 amide bonds. The summed E-state index contributed by atoms with van der Waals surface area (Å²) in [4.78, 5) is 30.5. The Morgan fingerprint density at radius 1 is 1.00 bits per heavy atom. The lowest BCUT2D eigenvalue weighted by Gasteiger charge is -2.18. The van der Waals surface area contributed by atoms with Gasteiger partial charge < -0.3 is 25.5 Å². The Morgan fingerprint density at radius 2 is 1.24 bits per heavy atom. The van der Waals surface area contributed by atoms with Gasteiger partial charge in [0.1, 0.15) is 0 Å². The molecule has 9 N–H and O–H groups in total. The predicted molar refractivity (Wildman–Crippen MR) is 51.5 cm³/mol. The molecule has 0 aliphatic heterocycles. The first-order valence-corrected chi connectivity index (χ1v) is 4.10. The molecule has 0 radical (unpaired) electrons. The molecule has 0 saturated heterocycles. The van der Waals surface area contributed by atoms with Gasteiger partial charge in [-0.05, 0) is 0 Å². The minimum atomic E-state index is -2.74. The van der Waals surface area contributed by atoms with Gasteiger partial charge in [0.2, 0.25) is 0 Å². The minimum absolute atomic E-state index is 1.14. The minimum Gasteiger partial charge on any atom is -0.481 e. The highest BCUT2D eigenvalue weighted by molar-refractivity contribution is 5.88. The molecule has 10 heteroatoms. The van der Waals surface area contributed by atoms with Crippen LogP contribution in [0.5, 0.6) is 0 Å². The van der Waals surface area contributed by atoms with Crippen molar-refractivity contribution >= 4 is 17.9 Å². The fourth-order valence-corrected chi connectivity index (χ4v) is 0.714. The van der Waals surface area contributed by atoms with E-state index in [9.17, 15) is 14.4 Å². The molecular weight excluding hydrogens is 240 g/mol. The molecule has 0 saturated carbocycles. The van der Waals surface area contributed by atoms with E-state index in [2.05, 4.69) is 11.5 Å². The average molecular weight is 254 g/mol. The maximum absolute atomic E-state index is 10.3. The largest absolute Gasteiger partial charge is 0.481 e. The van der Waals surface area contributed by atoms with E-state index >= 15 is 0 Å². The zero-order valence-corrected chi connectivity index (χ0v) is 8.61. The van der Waals surface area contributed by atoms with Gasteiger partial charge in [-0.25, -0.2) is 4.79 Å². The van der Waals surface area contributed by atoms with Crippen LogP contribution in [0.4, 0.5) is 0 Å². The molecule has 0 fully saturated rings. The van der Waals surface area contributed by atoms with Crippen LogP contribution in [0.2, 0.25) is 0 Å². The molecule has 0 aromatic rings. The standard InChI is InChI=1S/C6H8O7.CH6N2O/c7-3(8)1-6(13,5(11)12)2-4(9)10;2-1(3)4/h13H,1-2H2,(H,7,8)(H,9,10)(H,11,12);1,4H,2-3H2. The highest BCUT2D eigenvalue weighted by Gasteiger charge is 2.40. The summed E-state index contributed by atoms with van der Waals surface area (Å²) in [5, 5.41) is 41.4. The van der Waals surface area contributed by atoms with E-state index < -0.39 is 42.7 Å². The van der Waals surface area contributed by atoms with Crippen molar-refractivity contribution in [1.29, 1.82) is 0 Å². The molecular formula is C7H14N2O8. The van der Waals surface area contributed by atoms with E-state index in [1.54, 1.807) is 0 Å². The summed E-state index contributed by atoms with van der Waals surface area (Å²) in [6.45, 7) is 0. The fourth-order valence-electron chi connectivity index (χ4n) is 0.714. The van der Waals surface area contributed by atoms with Gasteiger partial charge in [-0.1, -0.05) is 0 Å². The van der Waals surface area contributed by atoms with Crippen molar-refractivity contribution in [2.45, 2.75) is 24.8 Å².